The number of halogens is 2. The van der Waals surface area contributed by atoms with Gasteiger partial charge in [0.15, 0.2) is 11.5 Å². The van der Waals surface area contributed by atoms with Crippen molar-refractivity contribution in [1.29, 1.82) is 0 Å². The third-order valence-corrected chi connectivity index (χ3v) is 5.14. The lowest BCUT2D eigenvalue weighted by atomic mass is 9.93. The van der Waals surface area contributed by atoms with Crippen LogP contribution in [0.4, 0.5) is 8.78 Å². The van der Waals surface area contributed by atoms with Crippen LogP contribution in [0.5, 0.6) is 11.5 Å². The molecular formula is C19H21F2N3O3. The van der Waals surface area contributed by atoms with Gasteiger partial charge in [-0.3, -0.25) is 4.79 Å². The molecule has 0 bridgehead atoms. The number of amides is 1. The summed E-state index contributed by atoms with van der Waals surface area (Å²) in [6.07, 6.45) is 6.18. The summed E-state index contributed by atoms with van der Waals surface area (Å²) in [5, 5.41) is 3.60. The number of alkyl halides is 2. The lowest BCUT2D eigenvalue weighted by molar-refractivity contribution is 0.0412. The van der Waals surface area contributed by atoms with Gasteiger partial charge in [-0.25, -0.2) is 0 Å². The lowest BCUT2D eigenvalue weighted by Gasteiger charge is -2.34. The van der Waals surface area contributed by atoms with Gasteiger partial charge in [0.05, 0.1) is 0 Å². The Hall–Kier alpha value is -2.64. The van der Waals surface area contributed by atoms with E-state index in [-0.39, 0.29) is 18.5 Å². The van der Waals surface area contributed by atoms with Gasteiger partial charge >= 0.3 is 6.55 Å². The Morgan fingerprint density at radius 2 is 1.96 bits per heavy atom. The van der Waals surface area contributed by atoms with Crippen molar-refractivity contribution < 1.29 is 23.0 Å². The van der Waals surface area contributed by atoms with E-state index in [2.05, 4.69) is 5.10 Å². The molecule has 0 radical (unpaired) electrons. The quantitative estimate of drug-likeness (QED) is 0.791. The summed E-state index contributed by atoms with van der Waals surface area (Å²) in [7, 11) is 0. The number of rotatable bonds is 5. The minimum atomic E-state index is -2.85. The van der Waals surface area contributed by atoms with Crippen LogP contribution in [0.25, 0.3) is 0 Å². The fourth-order valence-electron chi connectivity index (χ4n) is 3.78. The van der Waals surface area contributed by atoms with Crippen LogP contribution in [-0.2, 0) is 6.54 Å². The minimum Gasteiger partial charge on any atom is -0.454 e. The highest BCUT2D eigenvalue weighted by molar-refractivity contribution is 5.92. The highest BCUT2D eigenvalue weighted by Gasteiger charge is 2.30. The Morgan fingerprint density at radius 3 is 2.74 bits per heavy atom. The fraction of sp³-hybridized carbons (Fsp3) is 0.474. The first-order chi connectivity index (χ1) is 13.1. The molecule has 144 valence electrons. The zero-order valence-electron chi connectivity index (χ0n) is 14.8. The monoisotopic (exact) mass is 377 g/mol. The summed E-state index contributed by atoms with van der Waals surface area (Å²) in [5.41, 5.74) is 0.789. The third kappa shape index (κ3) is 3.61. The summed E-state index contributed by atoms with van der Waals surface area (Å²) in [6.45, 7) is -2.34. The van der Waals surface area contributed by atoms with Crippen molar-refractivity contribution in [3.05, 3.63) is 41.7 Å². The van der Waals surface area contributed by atoms with Gasteiger partial charge in [0.25, 0.3) is 5.91 Å². The summed E-state index contributed by atoms with van der Waals surface area (Å²) >= 11 is 0. The van der Waals surface area contributed by atoms with E-state index < -0.39 is 12.5 Å². The van der Waals surface area contributed by atoms with E-state index in [0.29, 0.717) is 22.7 Å². The van der Waals surface area contributed by atoms with E-state index in [1.807, 2.05) is 18.2 Å². The number of carbonyl (C=O) groups excluding carboxylic acids is 1. The van der Waals surface area contributed by atoms with Crippen molar-refractivity contribution in [2.24, 2.45) is 0 Å². The third-order valence-electron chi connectivity index (χ3n) is 5.14. The van der Waals surface area contributed by atoms with Gasteiger partial charge in [0.2, 0.25) is 6.79 Å². The van der Waals surface area contributed by atoms with E-state index in [0.717, 1.165) is 37.7 Å². The van der Waals surface area contributed by atoms with E-state index in [9.17, 15) is 13.6 Å². The molecule has 1 fully saturated rings. The lowest BCUT2D eigenvalue weighted by Crippen LogP contribution is -2.41. The molecule has 0 N–H and O–H groups in total. The van der Waals surface area contributed by atoms with Crippen LogP contribution >= 0.6 is 0 Å². The van der Waals surface area contributed by atoms with Crippen LogP contribution in [0.15, 0.2) is 30.5 Å². The van der Waals surface area contributed by atoms with Crippen LogP contribution in [0.3, 0.4) is 0 Å². The van der Waals surface area contributed by atoms with Crippen LogP contribution in [0.1, 0.15) is 54.7 Å². The maximum Gasteiger partial charge on any atom is 0.333 e. The number of hydrogen-bond donors (Lipinski definition) is 0. The SMILES string of the molecule is O=C(c1ccnn1C(F)F)N(Cc1ccc2c(c1)OCO2)C1CCCCC1. The van der Waals surface area contributed by atoms with Gasteiger partial charge in [-0.05, 0) is 36.6 Å². The Bertz CT molecular complexity index is 818. The molecule has 2 aromatic rings. The highest BCUT2D eigenvalue weighted by Crippen LogP contribution is 2.34. The summed E-state index contributed by atoms with van der Waals surface area (Å²) < 4.78 is 37.6. The minimum absolute atomic E-state index is 0.0256. The summed E-state index contributed by atoms with van der Waals surface area (Å²) in [4.78, 5) is 14.8. The molecule has 1 aliphatic carbocycles. The molecule has 2 heterocycles. The number of nitrogens with zero attached hydrogens (tertiary/aromatic N) is 3. The van der Waals surface area contributed by atoms with Gasteiger partial charge < -0.3 is 14.4 Å². The molecule has 4 rings (SSSR count). The van der Waals surface area contributed by atoms with Crippen LogP contribution in [0, 0.1) is 0 Å². The number of aromatic nitrogens is 2. The standard InChI is InChI=1S/C19H21F2N3O3/c20-19(21)24-15(8-9-22-24)18(25)23(14-4-2-1-3-5-14)11-13-6-7-16-17(10-13)27-12-26-16/h6-10,14,19H,1-5,11-12H2. The molecular weight excluding hydrogens is 356 g/mol. The Morgan fingerprint density at radius 1 is 1.19 bits per heavy atom. The van der Waals surface area contributed by atoms with Crippen LogP contribution in [0.2, 0.25) is 0 Å². The maximum atomic E-state index is 13.2. The molecule has 1 aromatic carbocycles. The molecule has 6 nitrogen and oxygen atoms in total. The summed E-state index contributed by atoms with van der Waals surface area (Å²) in [5.74, 6) is 0.892. The number of fused-ring (bicyclic) bond motifs is 1. The zero-order valence-corrected chi connectivity index (χ0v) is 14.8. The Kier molecular flexibility index (Phi) is 4.96. The molecule has 1 aromatic heterocycles. The second-order valence-electron chi connectivity index (χ2n) is 6.85. The van der Waals surface area contributed by atoms with Crippen LogP contribution < -0.4 is 9.47 Å². The number of benzene rings is 1. The van der Waals surface area contributed by atoms with E-state index in [1.54, 1.807) is 4.90 Å². The van der Waals surface area contributed by atoms with Crippen molar-refractivity contribution in [3.63, 3.8) is 0 Å². The van der Waals surface area contributed by atoms with Gasteiger partial charge in [-0.2, -0.15) is 18.6 Å². The van der Waals surface area contributed by atoms with Crippen molar-refractivity contribution in [2.75, 3.05) is 6.79 Å². The molecule has 1 aliphatic heterocycles. The van der Waals surface area contributed by atoms with Gasteiger partial charge in [0, 0.05) is 18.8 Å². The smallest absolute Gasteiger partial charge is 0.333 e. The Balaban J connectivity index is 1.62. The molecule has 27 heavy (non-hydrogen) atoms. The van der Waals surface area contributed by atoms with Gasteiger partial charge in [-0.15, -0.1) is 0 Å². The Labute approximate surface area is 155 Å². The van der Waals surface area contributed by atoms with Gasteiger partial charge in [0.1, 0.15) is 5.69 Å². The predicted octanol–water partition coefficient (Wildman–Crippen LogP) is 3.98. The molecule has 2 aliphatic rings. The zero-order chi connectivity index (χ0) is 18.8. The topological polar surface area (TPSA) is 56.6 Å². The first kappa shape index (κ1) is 17.8. The molecule has 0 saturated heterocycles. The molecule has 0 spiro atoms. The van der Waals surface area contributed by atoms with Crippen LogP contribution in [-0.4, -0.2) is 33.4 Å². The largest absolute Gasteiger partial charge is 0.454 e. The first-order valence-electron chi connectivity index (χ1n) is 9.14. The first-order valence-corrected chi connectivity index (χ1v) is 9.14. The number of ether oxygens (including phenoxy) is 2. The van der Waals surface area contributed by atoms with E-state index >= 15 is 0 Å². The van der Waals surface area contributed by atoms with Crippen molar-refractivity contribution in [3.8, 4) is 11.5 Å². The second kappa shape index (κ2) is 7.54. The average molecular weight is 377 g/mol. The molecule has 8 heteroatoms. The second-order valence-corrected chi connectivity index (χ2v) is 6.85. The highest BCUT2D eigenvalue weighted by atomic mass is 19.3. The van der Waals surface area contributed by atoms with E-state index in [4.69, 9.17) is 9.47 Å². The predicted molar refractivity (Wildman–Crippen MR) is 92.8 cm³/mol. The number of hydrogen-bond acceptors (Lipinski definition) is 4. The number of carbonyl (C=O) groups is 1. The normalized spacial score (nSPS) is 16.7. The van der Waals surface area contributed by atoms with Gasteiger partial charge in [-0.1, -0.05) is 25.3 Å². The van der Waals surface area contributed by atoms with Crippen molar-refractivity contribution >= 4 is 5.91 Å². The molecule has 1 saturated carbocycles. The molecule has 1 amide bonds. The van der Waals surface area contributed by atoms with E-state index in [1.165, 1.54) is 12.3 Å². The molecule has 0 atom stereocenters. The summed E-state index contributed by atoms with van der Waals surface area (Å²) in [6, 6.07) is 6.91. The molecule has 0 unspecified atom stereocenters. The average Bonchev–Trinajstić information content (AvgIpc) is 3.35. The fourth-order valence-corrected chi connectivity index (χ4v) is 3.78. The van der Waals surface area contributed by atoms with Crippen molar-refractivity contribution in [1.82, 2.24) is 14.7 Å². The van der Waals surface area contributed by atoms with Crippen molar-refractivity contribution in [2.45, 2.75) is 51.2 Å². The maximum absolute atomic E-state index is 13.2.